The van der Waals surface area contributed by atoms with Gasteiger partial charge in [-0.25, -0.2) is 9.97 Å². The monoisotopic (exact) mass is 228 g/mol. The van der Waals surface area contributed by atoms with Crippen LogP contribution in [-0.4, -0.2) is 9.97 Å². The number of hydrogen-bond acceptors (Lipinski definition) is 2. The van der Waals surface area contributed by atoms with Gasteiger partial charge < -0.3 is 0 Å². The van der Waals surface area contributed by atoms with E-state index in [0.717, 1.165) is 16.3 Å². The highest BCUT2D eigenvalue weighted by atomic mass is 35.5. The van der Waals surface area contributed by atoms with Gasteiger partial charge in [-0.2, -0.15) is 0 Å². The molecular weight excluding hydrogens is 220 g/mol. The predicted molar refractivity (Wildman–Crippen MR) is 66.8 cm³/mol. The van der Waals surface area contributed by atoms with Gasteiger partial charge in [0.05, 0.1) is 5.52 Å². The molecule has 0 radical (unpaired) electrons. The Morgan fingerprint density at radius 2 is 1.75 bits per heavy atom. The van der Waals surface area contributed by atoms with Gasteiger partial charge >= 0.3 is 0 Å². The number of rotatable bonds is 0. The molecule has 0 unspecified atom stereocenters. The van der Waals surface area contributed by atoms with Crippen LogP contribution in [0.25, 0.3) is 21.7 Å². The molecule has 1 heterocycles. The van der Waals surface area contributed by atoms with Crippen LogP contribution in [0.5, 0.6) is 0 Å². The minimum absolute atomic E-state index is 0.522. The molecule has 0 atom stereocenters. The summed E-state index contributed by atoms with van der Waals surface area (Å²) in [5, 5.41) is 3.72. The van der Waals surface area contributed by atoms with Crippen LogP contribution in [0.15, 0.2) is 36.4 Å². The normalized spacial score (nSPS) is 11.1. The zero-order valence-electron chi connectivity index (χ0n) is 8.74. The van der Waals surface area contributed by atoms with E-state index >= 15 is 0 Å². The third-order valence-electron chi connectivity index (χ3n) is 2.66. The fourth-order valence-corrected chi connectivity index (χ4v) is 2.21. The molecule has 0 bridgehead atoms. The van der Waals surface area contributed by atoms with E-state index in [1.165, 1.54) is 5.39 Å². The number of fused-ring (bicyclic) bond motifs is 3. The third kappa shape index (κ3) is 1.34. The largest absolute Gasteiger partial charge is 0.232 e. The molecule has 3 aromatic rings. The molecule has 0 spiro atoms. The minimum Gasteiger partial charge on any atom is -0.232 e. The number of aryl methyl sites for hydroxylation is 1. The van der Waals surface area contributed by atoms with Crippen molar-refractivity contribution in [2.75, 3.05) is 0 Å². The van der Waals surface area contributed by atoms with E-state index in [2.05, 4.69) is 22.1 Å². The van der Waals surface area contributed by atoms with Crippen molar-refractivity contribution >= 4 is 33.3 Å². The zero-order chi connectivity index (χ0) is 11.1. The van der Waals surface area contributed by atoms with Gasteiger partial charge in [0, 0.05) is 10.8 Å². The summed E-state index contributed by atoms with van der Waals surface area (Å²) in [6.45, 7) is 1.85. The summed E-state index contributed by atoms with van der Waals surface area (Å²) in [5.74, 6) is 0.703. The van der Waals surface area contributed by atoms with E-state index in [1.807, 2.05) is 31.2 Å². The van der Waals surface area contributed by atoms with Crippen molar-refractivity contribution in [3.63, 3.8) is 0 Å². The average Bonchev–Trinajstić information content (AvgIpc) is 2.28. The number of aromatic nitrogens is 2. The lowest BCUT2D eigenvalue weighted by Gasteiger charge is -2.04. The summed E-state index contributed by atoms with van der Waals surface area (Å²) in [4.78, 5) is 8.63. The molecule has 3 heteroatoms. The molecule has 0 saturated carbocycles. The second-order valence-corrected chi connectivity index (χ2v) is 4.10. The van der Waals surface area contributed by atoms with E-state index in [0.29, 0.717) is 11.0 Å². The molecule has 0 aliphatic carbocycles. The molecule has 0 saturated heterocycles. The summed E-state index contributed by atoms with van der Waals surface area (Å²) in [6, 6.07) is 12.2. The van der Waals surface area contributed by atoms with Crippen molar-refractivity contribution in [3.8, 4) is 0 Å². The highest BCUT2D eigenvalue weighted by molar-refractivity contribution is 6.34. The van der Waals surface area contributed by atoms with Crippen molar-refractivity contribution < 1.29 is 0 Å². The maximum atomic E-state index is 6.11. The van der Waals surface area contributed by atoms with Crippen LogP contribution in [0, 0.1) is 6.92 Å². The summed E-state index contributed by atoms with van der Waals surface area (Å²) in [7, 11) is 0. The van der Waals surface area contributed by atoms with Gasteiger partial charge in [0.25, 0.3) is 0 Å². The molecule has 2 aromatic carbocycles. The molecule has 0 aliphatic rings. The Labute approximate surface area is 97.9 Å². The number of nitrogens with zero attached hydrogens (tertiary/aromatic N) is 2. The predicted octanol–water partition coefficient (Wildman–Crippen LogP) is 3.74. The molecule has 16 heavy (non-hydrogen) atoms. The van der Waals surface area contributed by atoms with Gasteiger partial charge in [0.1, 0.15) is 11.0 Å². The van der Waals surface area contributed by atoms with Gasteiger partial charge in [-0.05, 0) is 18.4 Å². The summed E-state index contributed by atoms with van der Waals surface area (Å²) < 4.78 is 0. The van der Waals surface area contributed by atoms with E-state index < -0.39 is 0 Å². The second kappa shape index (κ2) is 3.42. The van der Waals surface area contributed by atoms with Crippen LogP contribution in [0.4, 0.5) is 0 Å². The van der Waals surface area contributed by atoms with Crippen molar-refractivity contribution in [2.45, 2.75) is 6.92 Å². The first-order valence-corrected chi connectivity index (χ1v) is 5.45. The molecule has 1 aromatic heterocycles. The number of hydrogen-bond donors (Lipinski definition) is 0. The smallest absolute Gasteiger partial charge is 0.140 e. The maximum absolute atomic E-state index is 6.11. The lowest BCUT2D eigenvalue weighted by atomic mass is 10.1. The van der Waals surface area contributed by atoms with E-state index in [4.69, 9.17) is 11.6 Å². The Kier molecular flexibility index (Phi) is 2.04. The average molecular weight is 229 g/mol. The quantitative estimate of drug-likeness (QED) is 0.433. The first kappa shape index (κ1) is 9.55. The molecule has 0 aliphatic heterocycles. The van der Waals surface area contributed by atoms with Gasteiger partial charge in [0.2, 0.25) is 0 Å². The molecule has 0 amide bonds. The van der Waals surface area contributed by atoms with E-state index in [-0.39, 0.29) is 0 Å². The van der Waals surface area contributed by atoms with Crippen LogP contribution in [0.3, 0.4) is 0 Å². The van der Waals surface area contributed by atoms with Crippen LogP contribution in [0.1, 0.15) is 5.82 Å². The third-order valence-corrected chi connectivity index (χ3v) is 2.94. The van der Waals surface area contributed by atoms with Gasteiger partial charge in [0.15, 0.2) is 0 Å². The van der Waals surface area contributed by atoms with Gasteiger partial charge in [-0.1, -0.05) is 41.9 Å². The summed E-state index contributed by atoms with van der Waals surface area (Å²) >= 11 is 6.11. The second-order valence-electron chi connectivity index (χ2n) is 3.74. The highest BCUT2D eigenvalue weighted by Gasteiger charge is 2.06. The van der Waals surface area contributed by atoms with Crippen molar-refractivity contribution in [1.29, 1.82) is 0 Å². The lowest BCUT2D eigenvalue weighted by Crippen LogP contribution is -1.91. The first-order chi connectivity index (χ1) is 7.75. The first-order valence-electron chi connectivity index (χ1n) is 5.07. The van der Waals surface area contributed by atoms with E-state index in [1.54, 1.807) is 0 Å². The number of benzene rings is 2. The highest BCUT2D eigenvalue weighted by Crippen LogP contribution is 2.27. The molecular formula is C13H9ClN2. The van der Waals surface area contributed by atoms with Gasteiger partial charge in [-0.3, -0.25) is 0 Å². The molecule has 0 N–H and O–H groups in total. The summed E-state index contributed by atoms with van der Waals surface area (Å²) in [5.41, 5.74) is 0.926. The van der Waals surface area contributed by atoms with Crippen LogP contribution < -0.4 is 0 Å². The fraction of sp³-hybridized carbons (Fsp3) is 0.0769. The minimum atomic E-state index is 0.522. The molecule has 0 fully saturated rings. The number of halogens is 1. The topological polar surface area (TPSA) is 25.8 Å². The lowest BCUT2D eigenvalue weighted by molar-refractivity contribution is 1.09. The summed E-state index contributed by atoms with van der Waals surface area (Å²) in [6.07, 6.45) is 0. The Morgan fingerprint density at radius 3 is 2.62 bits per heavy atom. The Balaban J connectivity index is 2.59. The van der Waals surface area contributed by atoms with Crippen LogP contribution >= 0.6 is 11.6 Å². The zero-order valence-corrected chi connectivity index (χ0v) is 9.49. The molecule has 3 rings (SSSR count). The van der Waals surface area contributed by atoms with Crippen molar-refractivity contribution in [2.24, 2.45) is 0 Å². The SMILES string of the molecule is Cc1nc(Cl)c2ccc3ccccc3c2n1. The van der Waals surface area contributed by atoms with Gasteiger partial charge in [-0.15, -0.1) is 0 Å². The van der Waals surface area contributed by atoms with Crippen LogP contribution in [-0.2, 0) is 0 Å². The Bertz CT molecular complexity index is 692. The van der Waals surface area contributed by atoms with Crippen molar-refractivity contribution in [1.82, 2.24) is 9.97 Å². The van der Waals surface area contributed by atoms with Crippen molar-refractivity contribution in [3.05, 3.63) is 47.4 Å². The Hall–Kier alpha value is -1.67. The van der Waals surface area contributed by atoms with Crippen LogP contribution in [0.2, 0.25) is 5.15 Å². The standard InChI is InChI=1S/C13H9ClN2/c1-8-15-12-10-5-3-2-4-9(10)6-7-11(12)13(14)16-8/h2-7H,1H3. The fourth-order valence-electron chi connectivity index (χ4n) is 1.93. The molecule has 78 valence electrons. The maximum Gasteiger partial charge on any atom is 0.140 e. The van der Waals surface area contributed by atoms with E-state index in [9.17, 15) is 0 Å². The Morgan fingerprint density at radius 1 is 0.938 bits per heavy atom. The molecule has 2 nitrogen and oxygen atoms in total.